The lowest BCUT2D eigenvalue weighted by atomic mass is 9.85. The molecule has 0 saturated heterocycles. The Morgan fingerprint density at radius 3 is 2.42 bits per heavy atom. The molecule has 0 atom stereocenters. The van der Waals surface area contributed by atoms with Crippen molar-refractivity contribution in [2.24, 2.45) is 0 Å². The Bertz CT molecular complexity index is 430. The van der Waals surface area contributed by atoms with E-state index in [1.54, 1.807) is 7.11 Å². The molecule has 19 heavy (non-hydrogen) atoms. The average molecular weight is 264 g/mol. The molecule has 0 radical (unpaired) electrons. The Labute approximate surface area is 115 Å². The third-order valence-corrected chi connectivity index (χ3v) is 3.20. The summed E-state index contributed by atoms with van der Waals surface area (Å²) >= 11 is 0. The van der Waals surface area contributed by atoms with E-state index in [0.29, 0.717) is 6.42 Å². The summed E-state index contributed by atoms with van der Waals surface area (Å²) in [6.07, 6.45) is 2.04. The van der Waals surface area contributed by atoms with Crippen LogP contribution < -0.4 is 4.74 Å². The number of carbonyl (C=O) groups is 1. The zero-order chi connectivity index (χ0) is 14.5. The van der Waals surface area contributed by atoms with Gasteiger partial charge in [0, 0.05) is 6.42 Å². The Morgan fingerprint density at radius 1 is 1.21 bits per heavy atom. The fourth-order valence-electron chi connectivity index (χ4n) is 1.97. The standard InChI is InChI=1S/C16H24O3/c1-16(2,3)13-9-10-14(18-4)12(11-13)7-6-8-15(17)19-5/h9-11H,6-8H2,1-5H3. The molecule has 0 aliphatic heterocycles. The maximum atomic E-state index is 11.1. The first-order chi connectivity index (χ1) is 8.88. The van der Waals surface area contributed by atoms with Crippen molar-refractivity contribution in [2.45, 2.75) is 45.4 Å². The van der Waals surface area contributed by atoms with Crippen LogP contribution in [0.4, 0.5) is 0 Å². The zero-order valence-electron chi connectivity index (χ0n) is 12.6. The molecule has 0 saturated carbocycles. The van der Waals surface area contributed by atoms with E-state index >= 15 is 0 Å². The number of rotatable bonds is 5. The van der Waals surface area contributed by atoms with E-state index in [2.05, 4.69) is 37.6 Å². The molecule has 0 heterocycles. The monoisotopic (exact) mass is 264 g/mol. The molecule has 0 aromatic heterocycles. The van der Waals surface area contributed by atoms with Crippen LogP contribution in [0, 0.1) is 0 Å². The van der Waals surface area contributed by atoms with Crippen molar-refractivity contribution >= 4 is 5.97 Å². The van der Waals surface area contributed by atoms with Gasteiger partial charge in [-0.2, -0.15) is 0 Å². The summed E-state index contributed by atoms with van der Waals surface area (Å²) < 4.78 is 10.0. The van der Waals surface area contributed by atoms with Gasteiger partial charge in [0.15, 0.2) is 0 Å². The molecule has 0 N–H and O–H groups in total. The number of carbonyl (C=O) groups excluding carboxylic acids is 1. The van der Waals surface area contributed by atoms with E-state index < -0.39 is 0 Å². The molecule has 1 rings (SSSR count). The Balaban J connectivity index is 2.82. The minimum absolute atomic E-state index is 0.114. The van der Waals surface area contributed by atoms with Crippen molar-refractivity contribution < 1.29 is 14.3 Å². The number of hydrogen-bond acceptors (Lipinski definition) is 3. The van der Waals surface area contributed by atoms with Crippen molar-refractivity contribution in [3.05, 3.63) is 29.3 Å². The van der Waals surface area contributed by atoms with Crippen LogP contribution in [0.5, 0.6) is 5.75 Å². The summed E-state index contributed by atoms with van der Waals surface area (Å²) in [7, 11) is 3.10. The molecule has 0 aliphatic rings. The molecule has 1 aromatic rings. The predicted molar refractivity (Wildman–Crippen MR) is 76.6 cm³/mol. The number of esters is 1. The number of hydrogen-bond donors (Lipinski definition) is 0. The molecule has 3 heteroatoms. The van der Waals surface area contributed by atoms with Crippen molar-refractivity contribution in [3.63, 3.8) is 0 Å². The minimum Gasteiger partial charge on any atom is -0.496 e. The van der Waals surface area contributed by atoms with Crippen LogP contribution in [0.25, 0.3) is 0 Å². The van der Waals surface area contributed by atoms with Gasteiger partial charge in [-0.15, -0.1) is 0 Å². The van der Waals surface area contributed by atoms with E-state index in [1.807, 2.05) is 6.07 Å². The molecule has 0 amide bonds. The second-order valence-corrected chi connectivity index (χ2v) is 5.71. The second kappa shape index (κ2) is 6.60. The van der Waals surface area contributed by atoms with Crippen LogP contribution in [0.2, 0.25) is 0 Å². The van der Waals surface area contributed by atoms with Crippen LogP contribution >= 0.6 is 0 Å². The van der Waals surface area contributed by atoms with Gasteiger partial charge in [-0.05, 0) is 35.4 Å². The molecule has 1 aromatic carbocycles. The molecule has 0 aliphatic carbocycles. The molecule has 0 unspecified atom stereocenters. The van der Waals surface area contributed by atoms with Crippen LogP contribution in [-0.4, -0.2) is 20.2 Å². The first kappa shape index (κ1) is 15.5. The third-order valence-electron chi connectivity index (χ3n) is 3.20. The lowest BCUT2D eigenvalue weighted by Gasteiger charge is -2.21. The highest BCUT2D eigenvalue weighted by atomic mass is 16.5. The van der Waals surface area contributed by atoms with E-state index in [9.17, 15) is 4.79 Å². The van der Waals surface area contributed by atoms with Gasteiger partial charge < -0.3 is 9.47 Å². The summed E-state index contributed by atoms with van der Waals surface area (Å²) in [6, 6.07) is 6.28. The fraction of sp³-hybridized carbons (Fsp3) is 0.562. The topological polar surface area (TPSA) is 35.5 Å². The van der Waals surface area contributed by atoms with Crippen molar-refractivity contribution in [1.29, 1.82) is 0 Å². The largest absolute Gasteiger partial charge is 0.496 e. The van der Waals surface area contributed by atoms with E-state index in [4.69, 9.17) is 4.74 Å². The molecule has 106 valence electrons. The van der Waals surface area contributed by atoms with E-state index in [1.165, 1.54) is 12.7 Å². The third kappa shape index (κ3) is 4.58. The number of benzene rings is 1. The van der Waals surface area contributed by atoms with Crippen molar-refractivity contribution in [3.8, 4) is 5.75 Å². The smallest absolute Gasteiger partial charge is 0.305 e. The molecule has 0 bridgehead atoms. The van der Waals surface area contributed by atoms with Gasteiger partial charge >= 0.3 is 5.97 Å². The Hall–Kier alpha value is -1.51. The summed E-state index contributed by atoms with van der Waals surface area (Å²) in [5.74, 6) is 0.726. The van der Waals surface area contributed by atoms with Gasteiger partial charge in [0.25, 0.3) is 0 Å². The lowest BCUT2D eigenvalue weighted by Crippen LogP contribution is -2.11. The van der Waals surface area contributed by atoms with Gasteiger partial charge in [-0.25, -0.2) is 0 Å². The summed E-state index contributed by atoms with van der Waals surface area (Å²) in [4.78, 5) is 11.1. The van der Waals surface area contributed by atoms with Gasteiger partial charge in [-0.3, -0.25) is 4.79 Å². The first-order valence-corrected chi connectivity index (χ1v) is 6.62. The van der Waals surface area contributed by atoms with Crippen molar-refractivity contribution in [2.75, 3.05) is 14.2 Å². The maximum absolute atomic E-state index is 11.1. The summed E-state index contributed by atoms with van der Waals surface area (Å²) in [5.41, 5.74) is 2.55. The quantitative estimate of drug-likeness (QED) is 0.764. The highest BCUT2D eigenvalue weighted by molar-refractivity contribution is 5.69. The van der Waals surface area contributed by atoms with Crippen LogP contribution in [0.15, 0.2) is 18.2 Å². The predicted octanol–water partition coefficient (Wildman–Crippen LogP) is 3.49. The van der Waals surface area contributed by atoms with Gasteiger partial charge in [0.2, 0.25) is 0 Å². The normalized spacial score (nSPS) is 11.2. The Morgan fingerprint density at radius 2 is 1.89 bits per heavy atom. The first-order valence-electron chi connectivity index (χ1n) is 6.62. The van der Waals surface area contributed by atoms with Crippen LogP contribution in [0.3, 0.4) is 0 Å². The molecular weight excluding hydrogens is 240 g/mol. The zero-order valence-corrected chi connectivity index (χ0v) is 12.6. The van der Waals surface area contributed by atoms with Gasteiger partial charge in [0.1, 0.15) is 5.75 Å². The molecular formula is C16H24O3. The molecule has 0 spiro atoms. The Kier molecular flexibility index (Phi) is 5.40. The van der Waals surface area contributed by atoms with Gasteiger partial charge in [0.05, 0.1) is 14.2 Å². The van der Waals surface area contributed by atoms with Gasteiger partial charge in [-0.1, -0.05) is 32.9 Å². The molecule has 3 nitrogen and oxygen atoms in total. The molecule has 0 fully saturated rings. The maximum Gasteiger partial charge on any atom is 0.305 e. The number of ether oxygens (including phenoxy) is 2. The van der Waals surface area contributed by atoms with Crippen LogP contribution in [-0.2, 0) is 21.4 Å². The van der Waals surface area contributed by atoms with Crippen molar-refractivity contribution in [1.82, 2.24) is 0 Å². The number of methoxy groups -OCH3 is 2. The SMILES string of the molecule is COC(=O)CCCc1cc(C(C)(C)C)ccc1OC. The minimum atomic E-state index is -0.161. The lowest BCUT2D eigenvalue weighted by molar-refractivity contribution is -0.140. The highest BCUT2D eigenvalue weighted by Crippen LogP contribution is 2.28. The second-order valence-electron chi connectivity index (χ2n) is 5.71. The summed E-state index contributed by atoms with van der Waals surface area (Å²) in [5, 5.41) is 0. The highest BCUT2D eigenvalue weighted by Gasteiger charge is 2.16. The van der Waals surface area contributed by atoms with E-state index in [0.717, 1.165) is 24.2 Å². The van der Waals surface area contributed by atoms with E-state index in [-0.39, 0.29) is 11.4 Å². The van der Waals surface area contributed by atoms with Crippen LogP contribution in [0.1, 0.15) is 44.7 Å². The number of aryl methyl sites for hydroxylation is 1. The average Bonchev–Trinajstić information content (AvgIpc) is 2.37. The fourth-order valence-corrected chi connectivity index (χ4v) is 1.97. The summed E-state index contributed by atoms with van der Waals surface area (Å²) in [6.45, 7) is 6.56.